The van der Waals surface area contributed by atoms with Gasteiger partial charge in [0.1, 0.15) is 5.60 Å². The first kappa shape index (κ1) is 25.6. The summed E-state index contributed by atoms with van der Waals surface area (Å²) in [6.07, 6.45) is -0.893. The molecule has 35 heavy (non-hydrogen) atoms. The lowest BCUT2D eigenvalue weighted by Crippen LogP contribution is -2.28. The molecule has 3 aromatic rings. The predicted octanol–water partition coefficient (Wildman–Crippen LogP) is 7.12. The number of ether oxygens (including phenoxy) is 1. The number of anilines is 1. The van der Waals surface area contributed by atoms with Gasteiger partial charge in [-0.2, -0.15) is 0 Å². The number of nitrogens with one attached hydrogen (secondary N) is 1. The molecule has 10 heteroatoms. The summed E-state index contributed by atoms with van der Waals surface area (Å²) in [7, 11) is -3.09. The fourth-order valence-corrected chi connectivity index (χ4v) is 5.51. The maximum Gasteiger partial charge on any atom is 0.419 e. The van der Waals surface area contributed by atoms with Crippen LogP contribution in [0.5, 0.6) is 0 Å². The van der Waals surface area contributed by atoms with Crippen LogP contribution in [0.2, 0.25) is 0 Å². The molecular formula is C25H28BrF2N3O3S. The molecule has 0 spiro atoms. The molecule has 1 saturated heterocycles. The number of hydrogen-bond donors (Lipinski definition) is 1. The molecule has 0 aliphatic carbocycles. The third-order valence-corrected chi connectivity index (χ3v) is 8.20. The number of nitrogens with zero attached hydrogens (tertiary/aromatic N) is 2. The maximum atomic E-state index is 14.1. The molecule has 1 fully saturated rings. The van der Waals surface area contributed by atoms with Gasteiger partial charge in [0.15, 0.2) is 0 Å². The van der Waals surface area contributed by atoms with Gasteiger partial charge in [0.25, 0.3) is 5.92 Å². The number of carbonyl (C=O) groups is 1. The highest BCUT2D eigenvalue weighted by Crippen LogP contribution is 2.41. The van der Waals surface area contributed by atoms with Gasteiger partial charge < -0.3 is 9.64 Å². The Morgan fingerprint density at radius 1 is 1.20 bits per heavy atom. The quantitative estimate of drug-likeness (QED) is 0.364. The SMILES string of the molecule is CC[S@@](=N)(=O)c1ccc(N2CCC(F)(F)C2)c(-c2cc3cc(Br)ccc3n2C(=O)OC(C)(C)C)c1. The zero-order chi connectivity index (χ0) is 25.8. The lowest BCUT2D eigenvalue weighted by atomic mass is 10.1. The van der Waals surface area contributed by atoms with Crippen molar-refractivity contribution in [2.45, 2.75) is 50.5 Å². The summed E-state index contributed by atoms with van der Waals surface area (Å²) in [4.78, 5) is 15.2. The number of carbonyl (C=O) groups excluding carboxylic acids is 1. The molecule has 0 radical (unpaired) electrons. The van der Waals surface area contributed by atoms with E-state index in [1.165, 1.54) is 4.57 Å². The molecule has 0 saturated carbocycles. The van der Waals surface area contributed by atoms with Gasteiger partial charge in [-0.1, -0.05) is 22.9 Å². The van der Waals surface area contributed by atoms with Crippen molar-refractivity contribution in [3.63, 3.8) is 0 Å². The van der Waals surface area contributed by atoms with Crippen molar-refractivity contribution in [3.05, 3.63) is 46.9 Å². The van der Waals surface area contributed by atoms with E-state index in [0.717, 1.165) is 9.86 Å². The van der Waals surface area contributed by atoms with Crippen molar-refractivity contribution in [1.82, 2.24) is 4.57 Å². The monoisotopic (exact) mass is 567 g/mol. The summed E-state index contributed by atoms with van der Waals surface area (Å²) in [5, 5.41) is 0.741. The minimum atomic E-state index is -3.09. The molecule has 2 aromatic carbocycles. The van der Waals surface area contributed by atoms with Crippen LogP contribution in [0, 0.1) is 4.78 Å². The van der Waals surface area contributed by atoms with Crippen molar-refractivity contribution >= 4 is 48.3 Å². The Bertz CT molecular complexity index is 1410. The molecule has 188 valence electrons. The Hall–Kier alpha value is -2.46. The fourth-order valence-electron chi connectivity index (χ4n) is 4.20. The fraction of sp³-hybridized carbons (Fsp3) is 0.400. The third kappa shape index (κ3) is 5.23. The molecule has 1 aliphatic rings. The Kier molecular flexibility index (Phi) is 6.51. The van der Waals surface area contributed by atoms with Gasteiger partial charge in [0.05, 0.1) is 27.5 Å². The summed E-state index contributed by atoms with van der Waals surface area (Å²) in [5.74, 6) is -2.72. The van der Waals surface area contributed by atoms with E-state index in [-0.39, 0.29) is 23.6 Å². The van der Waals surface area contributed by atoms with Crippen LogP contribution in [-0.4, -0.2) is 45.2 Å². The van der Waals surface area contributed by atoms with Gasteiger partial charge in [-0.15, -0.1) is 0 Å². The van der Waals surface area contributed by atoms with Crippen LogP contribution >= 0.6 is 15.9 Å². The Morgan fingerprint density at radius 2 is 1.91 bits per heavy atom. The second-order valence-electron chi connectivity index (χ2n) is 9.72. The van der Waals surface area contributed by atoms with Crippen LogP contribution < -0.4 is 4.90 Å². The van der Waals surface area contributed by atoms with Crippen molar-refractivity contribution in [1.29, 1.82) is 4.78 Å². The number of aromatic nitrogens is 1. The number of hydrogen-bond acceptors (Lipinski definition) is 5. The van der Waals surface area contributed by atoms with E-state index >= 15 is 0 Å². The van der Waals surface area contributed by atoms with Crippen LogP contribution in [-0.2, 0) is 14.5 Å². The molecule has 2 heterocycles. The van der Waals surface area contributed by atoms with Gasteiger partial charge in [0, 0.05) is 44.7 Å². The van der Waals surface area contributed by atoms with Gasteiger partial charge in [-0.3, -0.25) is 0 Å². The molecule has 1 atom stereocenters. The van der Waals surface area contributed by atoms with E-state index in [1.54, 1.807) is 69.0 Å². The molecule has 0 amide bonds. The number of benzene rings is 2. The first-order valence-corrected chi connectivity index (χ1v) is 13.8. The number of alkyl halides is 2. The highest BCUT2D eigenvalue weighted by molar-refractivity contribution is 9.10. The molecule has 1 aliphatic heterocycles. The molecule has 6 nitrogen and oxygen atoms in total. The average molecular weight is 568 g/mol. The lowest BCUT2D eigenvalue weighted by Gasteiger charge is -2.24. The Labute approximate surface area is 212 Å². The van der Waals surface area contributed by atoms with E-state index in [0.29, 0.717) is 22.5 Å². The largest absolute Gasteiger partial charge is 0.443 e. The second kappa shape index (κ2) is 8.89. The van der Waals surface area contributed by atoms with E-state index in [2.05, 4.69) is 15.9 Å². The Morgan fingerprint density at radius 3 is 2.51 bits per heavy atom. The zero-order valence-electron chi connectivity index (χ0n) is 20.0. The molecule has 1 aromatic heterocycles. The summed E-state index contributed by atoms with van der Waals surface area (Å²) in [6, 6.07) is 12.0. The maximum absolute atomic E-state index is 14.1. The minimum Gasteiger partial charge on any atom is -0.443 e. The summed E-state index contributed by atoms with van der Waals surface area (Å²) in [5.41, 5.74) is 1.18. The predicted molar refractivity (Wildman–Crippen MR) is 138 cm³/mol. The van der Waals surface area contributed by atoms with Crippen LogP contribution in [0.15, 0.2) is 51.8 Å². The van der Waals surface area contributed by atoms with Crippen LogP contribution in [0.3, 0.4) is 0 Å². The topological polar surface area (TPSA) is 75.4 Å². The molecule has 0 unspecified atom stereocenters. The zero-order valence-corrected chi connectivity index (χ0v) is 22.4. The average Bonchev–Trinajstić information content (AvgIpc) is 3.31. The number of fused-ring (bicyclic) bond motifs is 1. The second-order valence-corrected chi connectivity index (χ2v) is 13.0. The van der Waals surface area contributed by atoms with E-state index in [9.17, 15) is 17.8 Å². The Balaban J connectivity index is 2.01. The van der Waals surface area contributed by atoms with Crippen molar-refractivity contribution in [2.24, 2.45) is 0 Å². The van der Waals surface area contributed by atoms with E-state index in [1.807, 2.05) is 6.07 Å². The minimum absolute atomic E-state index is 0.107. The van der Waals surface area contributed by atoms with Crippen molar-refractivity contribution < 1.29 is 22.5 Å². The van der Waals surface area contributed by atoms with Gasteiger partial charge >= 0.3 is 6.09 Å². The highest BCUT2D eigenvalue weighted by atomic mass is 79.9. The summed E-state index contributed by atoms with van der Waals surface area (Å²) >= 11 is 3.46. The number of halogens is 3. The van der Waals surface area contributed by atoms with E-state index < -0.39 is 33.9 Å². The van der Waals surface area contributed by atoms with Crippen LogP contribution in [0.4, 0.5) is 19.3 Å². The van der Waals surface area contributed by atoms with Crippen LogP contribution in [0.1, 0.15) is 34.1 Å². The highest BCUT2D eigenvalue weighted by Gasteiger charge is 2.39. The molecule has 0 bridgehead atoms. The molecule has 1 N–H and O–H groups in total. The first-order valence-electron chi connectivity index (χ1n) is 11.3. The first-order chi connectivity index (χ1) is 16.2. The van der Waals surface area contributed by atoms with Crippen molar-refractivity contribution in [2.75, 3.05) is 23.7 Å². The molecular weight excluding hydrogens is 540 g/mol. The third-order valence-electron chi connectivity index (χ3n) is 5.88. The van der Waals surface area contributed by atoms with Gasteiger partial charge in [-0.25, -0.2) is 27.1 Å². The summed E-state index contributed by atoms with van der Waals surface area (Å²) in [6.45, 7) is 6.65. The van der Waals surface area contributed by atoms with Crippen molar-refractivity contribution in [3.8, 4) is 11.3 Å². The van der Waals surface area contributed by atoms with Gasteiger partial charge in [-0.05, 0) is 63.2 Å². The van der Waals surface area contributed by atoms with Gasteiger partial charge in [0.2, 0.25) is 0 Å². The van der Waals surface area contributed by atoms with E-state index in [4.69, 9.17) is 9.52 Å². The lowest BCUT2D eigenvalue weighted by molar-refractivity contribution is 0.0257. The van der Waals surface area contributed by atoms with Crippen LogP contribution in [0.25, 0.3) is 22.2 Å². The smallest absolute Gasteiger partial charge is 0.419 e. The normalized spacial score (nSPS) is 17.5. The standard InChI is InChI=1S/C25H28BrF2N3O3S/c1-5-35(29,33)18-7-9-21(30-11-10-25(27,28)15-30)19(14-18)22-13-16-12-17(26)6-8-20(16)31(22)23(32)34-24(2,3)4/h6-9,12-14,29H,5,10-11,15H2,1-4H3/t35-/m1/s1. The summed E-state index contributed by atoms with van der Waals surface area (Å²) < 4.78 is 57.4. The number of rotatable bonds is 4. The molecule has 4 rings (SSSR count).